The molecule has 2 rings (SSSR count). The van der Waals surface area contributed by atoms with Gasteiger partial charge >= 0.3 is 0 Å². The van der Waals surface area contributed by atoms with Crippen LogP contribution in [0.4, 0.5) is 10.9 Å². The van der Waals surface area contributed by atoms with Gasteiger partial charge in [0.25, 0.3) is 5.91 Å². The molecule has 0 aromatic carbocycles. The third kappa shape index (κ3) is 2.75. The number of nitrogens with one attached hydrogen (secondary N) is 1. The van der Waals surface area contributed by atoms with Gasteiger partial charge in [0.1, 0.15) is 10.7 Å². The summed E-state index contributed by atoms with van der Waals surface area (Å²) < 4.78 is 0. The summed E-state index contributed by atoms with van der Waals surface area (Å²) in [4.78, 5) is 18.7. The van der Waals surface area contributed by atoms with Gasteiger partial charge in [-0.25, -0.2) is 4.98 Å². The van der Waals surface area contributed by atoms with Crippen LogP contribution in [0.25, 0.3) is 0 Å². The maximum Gasteiger partial charge on any atom is 0.265 e. The fourth-order valence-electron chi connectivity index (χ4n) is 1.55. The monoisotopic (exact) mass is 268 g/mol. The third-order valence-corrected chi connectivity index (χ3v) is 4.61. The molecule has 1 aromatic rings. The zero-order chi connectivity index (χ0) is 13.3. The average Bonchev–Trinajstić information content (AvgIpc) is 2.95. The molecule has 6 heteroatoms. The molecule has 5 nitrogen and oxygen atoms in total. The predicted molar refractivity (Wildman–Crippen MR) is 75.1 cm³/mol. The van der Waals surface area contributed by atoms with Crippen molar-refractivity contribution >= 4 is 28.2 Å². The quantitative estimate of drug-likeness (QED) is 0.853. The smallest absolute Gasteiger partial charge is 0.265 e. The van der Waals surface area contributed by atoms with Crippen LogP contribution in [0.15, 0.2) is 0 Å². The maximum absolute atomic E-state index is 12.0. The minimum atomic E-state index is -0.103. The molecule has 1 aromatic heterocycles. The summed E-state index contributed by atoms with van der Waals surface area (Å²) in [7, 11) is 1.94. The van der Waals surface area contributed by atoms with E-state index in [0.717, 1.165) is 18.2 Å². The first-order valence-electron chi connectivity index (χ1n) is 6.21. The number of nitrogen functional groups attached to an aromatic ring is 1. The molecular weight excluding hydrogens is 248 g/mol. The minimum absolute atomic E-state index is 0.103. The van der Waals surface area contributed by atoms with Crippen molar-refractivity contribution < 1.29 is 4.79 Å². The molecule has 0 atom stereocenters. The number of carbonyl (C=O) groups is 1. The van der Waals surface area contributed by atoms with E-state index in [4.69, 9.17) is 5.73 Å². The largest absolute Gasteiger partial charge is 0.382 e. The molecule has 0 radical (unpaired) electrons. The number of aromatic nitrogens is 1. The standard InChI is InChI=1S/C12H20N4OS/c1-4-16(3)11-15-9(13)8(18-11)10(17)14-7-12(2)5-6-12/h4-7,13H2,1-3H3,(H,14,17). The summed E-state index contributed by atoms with van der Waals surface area (Å²) in [6, 6.07) is 0. The lowest BCUT2D eigenvalue weighted by Gasteiger charge is -2.11. The van der Waals surface area contributed by atoms with Gasteiger partial charge in [-0.3, -0.25) is 4.79 Å². The van der Waals surface area contributed by atoms with Gasteiger partial charge in [0.2, 0.25) is 0 Å². The Morgan fingerprint density at radius 2 is 2.28 bits per heavy atom. The number of amides is 1. The molecule has 0 spiro atoms. The highest BCUT2D eigenvalue weighted by Gasteiger charge is 2.37. The van der Waals surface area contributed by atoms with Gasteiger partial charge in [-0.05, 0) is 25.2 Å². The maximum atomic E-state index is 12.0. The number of thiazole rings is 1. The van der Waals surface area contributed by atoms with Crippen LogP contribution >= 0.6 is 11.3 Å². The third-order valence-electron chi connectivity index (χ3n) is 3.43. The van der Waals surface area contributed by atoms with Gasteiger partial charge < -0.3 is 16.0 Å². The Kier molecular flexibility index (Phi) is 3.47. The van der Waals surface area contributed by atoms with E-state index in [0.29, 0.717) is 16.1 Å². The second kappa shape index (κ2) is 4.76. The molecule has 1 aliphatic rings. The van der Waals surface area contributed by atoms with Crippen LogP contribution in [0.1, 0.15) is 36.4 Å². The van der Waals surface area contributed by atoms with Crippen molar-refractivity contribution in [1.82, 2.24) is 10.3 Å². The number of carbonyl (C=O) groups excluding carboxylic acids is 1. The fourth-order valence-corrected chi connectivity index (χ4v) is 2.47. The number of hydrogen-bond donors (Lipinski definition) is 2. The first-order chi connectivity index (χ1) is 8.45. The minimum Gasteiger partial charge on any atom is -0.382 e. The summed E-state index contributed by atoms with van der Waals surface area (Å²) in [5.74, 6) is 0.225. The van der Waals surface area contributed by atoms with Crippen LogP contribution in [0.3, 0.4) is 0 Å². The molecule has 1 fully saturated rings. The topological polar surface area (TPSA) is 71.2 Å². The van der Waals surface area contributed by atoms with Gasteiger partial charge in [-0.2, -0.15) is 0 Å². The van der Waals surface area contributed by atoms with Crippen LogP contribution in [0, 0.1) is 5.41 Å². The first-order valence-corrected chi connectivity index (χ1v) is 7.02. The Morgan fingerprint density at radius 3 is 2.83 bits per heavy atom. The zero-order valence-electron chi connectivity index (χ0n) is 11.1. The lowest BCUT2D eigenvalue weighted by molar-refractivity contribution is 0.0951. The van der Waals surface area contributed by atoms with E-state index < -0.39 is 0 Å². The van der Waals surface area contributed by atoms with Crippen LogP contribution in [-0.4, -0.2) is 31.0 Å². The predicted octanol–water partition coefficient (Wildman–Crippen LogP) is 1.71. The van der Waals surface area contributed by atoms with E-state index in [2.05, 4.69) is 17.2 Å². The molecule has 0 unspecified atom stereocenters. The molecule has 0 bridgehead atoms. The molecule has 0 aliphatic heterocycles. The van der Waals surface area contributed by atoms with E-state index in [1.54, 1.807) is 0 Å². The van der Waals surface area contributed by atoms with Crippen molar-refractivity contribution in [3.05, 3.63) is 4.88 Å². The molecule has 1 amide bonds. The molecule has 1 heterocycles. The van der Waals surface area contributed by atoms with Gasteiger partial charge in [-0.1, -0.05) is 18.3 Å². The Hall–Kier alpha value is -1.30. The van der Waals surface area contributed by atoms with Crippen LogP contribution < -0.4 is 16.0 Å². The number of anilines is 2. The molecule has 0 saturated heterocycles. The van der Waals surface area contributed by atoms with E-state index in [1.165, 1.54) is 24.2 Å². The van der Waals surface area contributed by atoms with Crippen molar-refractivity contribution in [2.45, 2.75) is 26.7 Å². The van der Waals surface area contributed by atoms with Gasteiger partial charge in [-0.15, -0.1) is 0 Å². The number of nitrogens with zero attached hydrogens (tertiary/aromatic N) is 2. The van der Waals surface area contributed by atoms with Crippen molar-refractivity contribution in [3.63, 3.8) is 0 Å². The van der Waals surface area contributed by atoms with E-state index in [1.807, 2.05) is 18.9 Å². The van der Waals surface area contributed by atoms with Gasteiger partial charge in [0.05, 0.1) is 0 Å². The number of rotatable bonds is 5. The summed E-state index contributed by atoms with van der Waals surface area (Å²) in [5.41, 5.74) is 6.11. The highest BCUT2D eigenvalue weighted by molar-refractivity contribution is 7.18. The molecular formula is C12H20N4OS. The highest BCUT2D eigenvalue weighted by Crippen LogP contribution is 2.44. The van der Waals surface area contributed by atoms with Crippen LogP contribution in [-0.2, 0) is 0 Å². The number of nitrogens with two attached hydrogens (primary N) is 1. The Morgan fingerprint density at radius 1 is 1.61 bits per heavy atom. The van der Waals surface area contributed by atoms with Crippen molar-refractivity contribution in [2.75, 3.05) is 30.8 Å². The van der Waals surface area contributed by atoms with Crippen molar-refractivity contribution in [1.29, 1.82) is 0 Å². The van der Waals surface area contributed by atoms with Crippen LogP contribution in [0.2, 0.25) is 0 Å². The highest BCUT2D eigenvalue weighted by atomic mass is 32.1. The second-order valence-electron chi connectivity index (χ2n) is 5.22. The molecule has 1 saturated carbocycles. The summed E-state index contributed by atoms with van der Waals surface area (Å²) in [5, 5.41) is 3.74. The summed E-state index contributed by atoms with van der Waals surface area (Å²) in [6.45, 7) is 5.78. The van der Waals surface area contributed by atoms with Gasteiger partial charge in [0, 0.05) is 20.1 Å². The first kappa shape index (κ1) is 13.1. The van der Waals surface area contributed by atoms with Crippen LogP contribution in [0.5, 0.6) is 0 Å². The van der Waals surface area contributed by atoms with Crippen molar-refractivity contribution in [2.24, 2.45) is 5.41 Å². The summed E-state index contributed by atoms with van der Waals surface area (Å²) in [6.07, 6.45) is 2.38. The SMILES string of the molecule is CCN(C)c1nc(N)c(C(=O)NCC2(C)CC2)s1. The van der Waals surface area contributed by atoms with Crippen molar-refractivity contribution in [3.8, 4) is 0 Å². The zero-order valence-corrected chi connectivity index (χ0v) is 11.9. The Balaban J connectivity index is 2.02. The Labute approximate surface area is 111 Å². The summed E-state index contributed by atoms with van der Waals surface area (Å²) >= 11 is 1.35. The lowest BCUT2D eigenvalue weighted by Crippen LogP contribution is -2.28. The van der Waals surface area contributed by atoms with E-state index in [-0.39, 0.29) is 5.91 Å². The van der Waals surface area contributed by atoms with E-state index >= 15 is 0 Å². The second-order valence-corrected chi connectivity index (χ2v) is 6.20. The molecule has 1 aliphatic carbocycles. The van der Waals surface area contributed by atoms with E-state index in [9.17, 15) is 4.79 Å². The number of hydrogen-bond acceptors (Lipinski definition) is 5. The molecule has 100 valence electrons. The Bertz CT molecular complexity index is 453. The normalized spacial score (nSPS) is 16.4. The fraction of sp³-hybridized carbons (Fsp3) is 0.667. The van der Waals surface area contributed by atoms with Gasteiger partial charge in [0.15, 0.2) is 5.13 Å². The average molecular weight is 268 g/mol. The molecule has 3 N–H and O–H groups in total. The lowest BCUT2D eigenvalue weighted by atomic mass is 10.1. The molecule has 18 heavy (non-hydrogen) atoms.